The van der Waals surface area contributed by atoms with Gasteiger partial charge >= 0.3 is 0 Å². The van der Waals surface area contributed by atoms with E-state index < -0.39 is 12.6 Å². The summed E-state index contributed by atoms with van der Waals surface area (Å²) in [4.78, 5) is 24.4. The zero-order valence-corrected chi connectivity index (χ0v) is 14.2. The monoisotopic (exact) mass is 352 g/mol. The third-order valence-electron chi connectivity index (χ3n) is 2.90. The van der Waals surface area contributed by atoms with Gasteiger partial charge in [-0.1, -0.05) is 30.0 Å². The smallest absolute Gasteiger partial charge is 0.265 e. The van der Waals surface area contributed by atoms with Crippen molar-refractivity contribution < 1.29 is 24.2 Å². The summed E-state index contributed by atoms with van der Waals surface area (Å²) in [6.07, 6.45) is 1.70. The van der Waals surface area contributed by atoms with Gasteiger partial charge in [0.05, 0.1) is 17.5 Å². The molecule has 1 aromatic carbocycles. The maximum Gasteiger partial charge on any atom is 0.265 e. The van der Waals surface area contributed by atoms with Crippen molar-refractivity contribution in [2.75, 3.05) is 20.3 Å². The van der Waals surface area contributed by atoms with Crippen LogP contribution in [0.5, 0.6) is 11.5 Å². The van der Waals surface area contributed by atoms with Crippen LogP contribution in [0.2, 0.25) is 0 Å². The Morgan fingerprint density at radius 2 is 2.13 bits per heavy atom. The number of carboxylic acids is 1. The number of amides is 1. The van der Waals surface area contributed by atoms with Crippen LogP contribution in [0, 0.1) is 0 Å². The van der Waals surface area contributed by atoms with Gasteiger partial charge in [0.1, 0.15) is 10.9 Å². The molecule has 0 aliphatic carbocycles. The number of carboxylic acid groups (broad SMARTS) is 1. The molecule has 0 spiro atoms. The van der Waals surface area contributed by atoms with Crippen molar-refractivity contribution in [2.45, 2.75) is 6.92 Å². The minimum Gasteiger partial charge on any atom is -0.546 e. The third-order valence-corrected chi connectivity index (χ3v) is 4.38. The summed E-state index contributed by atoms with van der Waals surface area (Å²) in [6.45, 7) is 1.63. The van der Waals surface area contributed by atoms with Gasteiger partial charge in [-0.2, -0.15) is 0 Å². The summed E-state index contributed by atoms with van der Waals surface area (Å²) in [5, 5.41) is 10.5. The molecule has 1 amide bonds. The van der Waals surface area contributed by atoms with Crippen molar-refractivity contribution in [3.8, 4) is 11.5 Å². The molecule has 0 radical (unpaired) electrons. The number of thiocarbonyl (C=S) groups is 1. The lowest BCUT2D eigenvalue weighted by Gasteiger charge is -2.13. The van der Waals surface area contributed by atoms with Crippen molar-refractivity contribution in [3.05, 3.63) is 28.7 Å². The van der Waals surface area contributed by atoms with Crippen molar-refractivity contribution in [2.24, 2.45) is 0 Å². The molecular formula is C15H14NO5S2-. The number of ether oxygens (including phenoxy) is 2. The number of rotatable bonds is 6. The summed E-state index contributed by atoms with van der Waals surface area (Å²) in [6, 6.07) is 4.97. The zero-order valence-electron chi connectivity index (χ0n) is 12.5. The predicted molar refractivity (Wildman–Crippen MR) is 89.0 cm³/mol. The molecule has 1 aromatic rings. The highest BCUT2D eigenvalue weighted by Gasteiger charge is 2.28. The molecule has 0 unspecified atom stereocenters. The SMILES string of the molecule is CCOc1cc(/C=C2\SC(=S)N(C)C2=O)ccc1OCC(=O)[O-]. The maximum absolute atomic E-state index is 12.0. The van der Waals surface area contributed by atoms with Gasteiger partial charge in [-0.25, -0.2) is 0 Å². The van der Waals surface area contributed by atoms with E-state index in [1.807, 2.05) is 0 Å². The lowest BCUT2D eigenvalue weighted by Crippen LogP contribution is -2.29. The van der Waals surface area contributed by atoms with Crippen LogP contribution < -0.4 is 14.6 Å². The molecule has 1 fully saturated rings. The second kappa shape index (κ2) is 7.47. The van der Waals surface area contributed by atoms with E-state index in [0.717, 1.165) is 5.56 Å². The fourth-order valence-corrected chi connectivity index (χ4v) is 3.02. The lowest BCUT2D eigenvalue weighted by molar-refractivity contribution is -0.307. The highest BCUT2D eigenvalue weighted by molar-refractivity contribution is 8.26. The normalized spacial score (nSPS) is 16.1. The number of hydrogen-bond acceptors (Lipinski definition) is 7. The molecule has 1 heterocycles. The summed E-state index contributed by atoms with van der Waals surface area (Å²) in [7, 11) is 1.63. The lowest BCUT2D eigenvalue weighted by atomic mass is 10.2. The number of thioether (sulfide) groups is 1. The Morgan fingerprint density at radius 3 is 2.70 bits per heavy atom. The van der Waals surface area contributed by atoms with Gasteiger partial charge in [-0.15, -0.1) is 0 Å². The molecule has 0 saturated carbocycles. The molecule has 1 aliphatic heterocycles. The summed E-state index contributed by atoms with van der Waals surface area (Å²) in [5.74, 6) is -0.774. The van der Waals surface area contributed by atoms with Crippen LogP contribution >= 0.6 is 24.0 Å². The first-order chi connectivity index (χ1) is 10.9. The van der Waals surface area contributed by atoms with Crippen LogP contribution in [-0.4, -0.2) is 41.4 Å². The quantitative estimate of drug-likeness (QED) is 0.559. The van der Waals surface area contributed by atoms with Gasteiger partial charge in [0.15, 0.2) is 11.5 Å². The van der Waals surface area contributed by atoms with Gasteiger partial charge in [0.2, 0.25) is 0 Å². The van der Waals surface area contributed by atoms with E-state index in [-0.39, 0.29) is 5.91 Å². The topological polar surface area (TPSA) is 78.9 Å². The summed E-state index contributed by atoms with van der Waals surface area (Å²) in [5.41, 5.74) is 0.725. The van der Waals surface area contributed by atoms with Gasteiger partial charge in [0, 0.05) is 7.05 Å². The summed E-state index contributed by atoms with van der Waals surface area (Å²) >= 11 is 6.31. The number of hydrogen-bond donors (Lipinski definition) is 0. The molecule has 23 heavy (non-hydrogen) atoms. The fraction of sp³-hybridized carbons (Fsp3) is 0.267. The fourth-order valence-electron chi connectivity index (χ4n) is 1.84. The molecule has 8 heteroatoms. The number of aliphatic carboxylic acids is 1. The molecule has 2 rings (SSSR count). The van der Waals surface area contributed by atoms with E-state index in [2.05, 4.69) is 0 Å². The molecule has 0 N–H and O–H groups in total. The zero-order chi connectivity index (χ0) is 17.0. The molecule has 6 nitrogen and oxygen atoms in total. The number of carbonyl (C=O) groups is 2. The Morgan fingerprint density at radius 1 is 1.39 bits per heavy atom. The first kappa shape index (κ1) is 17.3. The number of benzene rings is 1. The van der Waals surface area contributed by atoms with Crippen molar-refractivity contribution in [1.82, 2.24) is 4.90 Å². The molecule has 122 valence electrons. The van der Waals surface area contributed by atoms with E-state index >= 15 is 0 Å². The molecule has 1 saturated heterocycles. The second-order valence-electron chi connectivity index (χ2n) is 4.54. The van der Waals surface area contributed by atoms with Crippen LogP contribution in [0.15, 0.2) is 23.1 Å². The van der Waals surface area contributed by atoms with Crippen LogP contribution in [0.1, 0.15) is 12.5 Å². The number of likely N-dealkylation sites (N-methyl/N-ethyl adjacent to an activating group) is 1. The Balaban J connectivity index is 2.27. The average molecular weight is 352 g/mol. The third kappa shape index (κ3) is 4.23. The van der Waals surface area contributed by atoms with Crippen LogP contribution in [0.25, 0.3) is 6.08 Å². The number of carbonyl (C=O) groups excluding carboxylic acids is 2. The average Bonchev–Trinajstić information content (AvgIpc) is 2.74. The van der Waals surface area contributed by atoms with E-state index in [1.165, 1.54) is 16.7 Å². The Labute approximate surface area is 143 Å². The van der Waals surface area contributed by atoms with Crippen molar-refractivity contribution >= 4 is 46.3 Å². The Kier molecular flexibility index (Phi) is 5.62. The van der Waals surface area contributed by atoms with Crippen LogP contribution in [0.4, 0.5) is 0 Å². The highest BCUT2D eigenvalue weighted by atomic mass is 32.2. The molecule has 0 bridgehead atoms. The Bertz CT molecular complexity index is 686. The van der Waals surface area contributed by atoms with E-state index in [1.54, 1.807) is 38.2 Å². The first-order valence-corrected chi connectivity index (χ1v) is 7.96. The summed E-state index contributed by atoms with van der Waals surface area (Å²) < 4.78 is 11.1. The van der Waals surface area contributed by atoms with Gasteiger partial charge in [-0.3, -0.25) is 9.69 Å². The first-order valence-electron chi connectivity index (χ1n) is 6.73. The molecule has 0 atom stereocenters. The van der Waals surface area contributed by atoms with Crippen molar-refractivity contribution in [1.29, 1.82) is 0 Å². The van der Waals surface area contributed by atoms with Gasteiger partial charge < -0.3 is 19.4 Å². The minimum atomic E-state index is -1.32. The van der Waals surface area contributed by atoms with Crippen LogP contribution in [-0.2, 0) is 9.59 Å². The molecule has 1 aliphatic rings. The van der Waals surface area contributed by atoms with Crippen LogP contribution in [0.3, 0.4) is 0 Å². The minimum absolute atomic E-state index is 0.157. The van der Waals surface area contributed by atoms with Gasteiger partial charge in [0.25, 0.3) is 5.91 Å². The predicted octanol–water partition coefficient (Wildman–Crippen LogP) is 1.04. The number of nitrogens with zero attached hydrogens (tertiary/aromatic N) is 1. The second-order valence-corrected chi connectivity index (χ2v) is 6.22. The molecule has 0 aromatic heterocycles. The Hall–Kier alpha value is -2.06. The maximum atomic E-state index is 12.0. The van der Waals surface area contributed by atoms with E-state index in [9.17, 15) is 14.7 Å². The van der Waals surface area contributed by atoms with E-state index in [4.69, 9.17) is 21.7 Å². The largest absolute Gasteiger partial charge is 0.546 e. The van der Waals surface area contributed by atoms with Crippen molar-refractivity contribution in [3.63, 3.8) is 0 Å². The standard InChI is InChI=1S/C15H15NO5S2/c1-3-20-11-6-9(4-5-10(11)21-8-13(17)18)7-12-14(19)16(2)15(22)23-12/h4-7H,3,8H2,1-2H3,(H,17,18)/p-1/b12-7-. The molecular weight excluding hydrogens is 338 g/mol. The van der Waals surface area contributed by atoms with Gasteiger partial charge in [-0.05, 0) is 30.7 Å². The highest BCUT2D eigenvalue weighted by Crippen LogP contribution is 2.34. The van der Waals surface area contributed by atoms with E-state index in [0.29, 0.717) is 27.3 Å².